The molecule has 5 amide bonds. The maximum absolute atomic E-state index is 14.0. The first kappa shape index (κ1) is 59.4. The monoisotopic (exact) mass is 960 g/mol. The van der Waals surface area contributed by atoms with Crippen LogP contribution in [-0.4, -0.2) is 174 Å². The SMILES string of the molecule is CCNCCNC(=O)CC(C(=O)NCCN)C(CC(=O)NCCNC(C)(C)C(=O)C(CCC(=O)O)NC(C)(C)C(=O)N1CCCC1C(=O)Cl)C(=O)NCCNC(C)C(=O)C(N)CCC(=O)O. The fourth-order valence-corrected chi connectivity index (χ4v) is 7.59. The van der Waals surface area contributed by atoms with Crippen molar-refractivity contribution < 1.29 is 58.2 Å². The molecule has 0 aromatic carbocycles. The van der Waals surface area contributed by atoms with Gasteiger partial charge in [0.15, 0.2) is 11.6 Å². The van der Waals surface area contributed by atoms with E-state index < -0.39 is 125 Å². The second-order valence-corrected chi connectivity index (χ2v) is 17.7. The van der Waals surface area contributed by atoms with Crippen LogP contribution in [0.25, 0.3) is 0 Å². The number of hydrogen-bond acceptors (Lipinski definition) is 16. The van der Waals surface area contributed by atoms with Crippen molar-refractivity contribution in [2.24, 2.45) is 23.3 Å². The Bertz CT molecular complexity index is 1680. The number of amides is 5. The Morgan fingerprint density at radius 3 is 1.80 bits per heavy atom. The van der Waals surface area contributed by atoms with Crippen LogP contribution >= 0.6 is 11.6 Å². The molecule has 0 aromatic heterocycles. The van der Waals surface area contributed by atoms with E-state index >= 15 is 0 Å². The van der Waals surface area contributed by atoms with Crippen LogP contribution in [0.4, 0.5) is 0 Å². The van der Waals surface area contributed by atoms with Crippen molar-refractivity contribution in [3.63, 3.8) is 0 Å². The number of carbonyl (C=O) groups is 10. The van der Waals surface area contributed by atoms with Crippen LogP contribution in [0.1, 0.15) is 92.9 Å². The molecule has 376 valence electrons. The van der Waals surface area contributed by atoms with E-state index in [2.05, 4.69) is 42.5 Å². The Kier molecular flexibility index (Phi) is 26.9. The summed E-state index contributed by atoms with van der Waals surface area (Å²) in [6.45, 7) is 11.2. The number of nitrogens with one attached hydrogen (secondary N) is 8. The van der Waals surface area contributed by atoms with Crippen molar-refractivity contribution in [3.8, 4) is 0 Å². The number of carboxylic acid groups (broad SMARTS) is 2. The van der Waals surface area contributed by atoms with Crippen molar-refractivity contribution in [2.45, 2.75) is 128 Å². The predicted molar refractivity (Wildman–Crippen MR) is 244 cm³/mol. The number of carboxylic acids is 2. The minimum atomic E-state index is -1.40. The minimum Gasteiger partial charge on any atom is -0.481 e. The molecule has 6 unspecified atom stereocenters. The van der Waals surface area contributed by atoms with Crippen molar-refractivity contribution in [3.05, 3.63) is 0 Å². The van der Waals surface area contributed by atoms with E-state index in [1.165, 1.54) is 25.7 Å². The maximum Gasteiger partial charge on any atom is 0.303 e. The van der Waals surface area contributed by atoms with Crippen molar-refractivity contribution in [1.82, 2.24) is 47.4 Å². The number of aliphatic carboxylic acids is 2. The highest BCUT2D eigenvalue weighted by molar-refractivity contribution is 6.64. The number of nitrogens with two attached hydrogens (primary N) is 2. The summed E-state index contributed by atoms with van der Waals surface area (Å²) < 4.78 is 0. The Morgan fingerprint density at radius 1 is 0.742 bits per heavy atom. The van der Waals surface area contributed by atoms with Gasteiger partial charge < -0.3 is 63.8 Å². The molecule has 6 atom stereocenters. The first-order chi connectivity index (χ1) is 30.9. The van der Waals surface area contributed by atoms with Crippen LogP contribution in [0, 0.1) is 11.8 Å². The maximum atomic E-state index is 14.0. The van der Waals surface area contributed by atoms with Gasteiger partial charge in [-0.2, -0.15) is 0 Å². The number of nitrogens with zero attached hydrogens (tertiary/aromatic N) is 1. The summed E-state index contributed by atoms with van der Waals surface area (Å²) in [4.78, 5) is 130. The number of hydrogen-bond donors (Lipinski definition) is 12. The van der Waals surface area contributed by atoms with E-state index in [1.807, 2.05) is 6.92 Å². The van der Waals surface area contributed by atoms with Crippen LogP contribution in [0.3, 0.4) is 0 Å². The largest absolute Gasteiger partial charge is 0.481 e. The van der Waals surface area contributed by atoms with Gasteiger partial charge in [-0.15, -0.1) is 0 Å². The zero-order valence-electron chi connectivity index (χ0n) is 39.1. The standard InChI is InChI=1S/C42H74ClN11O12/c1-7-46-16-17-48-31(55)23-26(38(64)50-15-14-44)27(39(65)51-19-18-47-25(2)35(61)28(45)10-12-33(57)58)24-32(56)49-20-21-52-41(3,4)36(62)29(11-13-34(59)60)53-42(5,6)40(66)54-22-8-9-30(54)37(43)63/h25-30,46-47,52-53H,7-24,44-45H2,1-6H3,(H,48,55)(H,49,56)(H,50,64)(H,51,65)(H,57,58)(H,59,60). The van der Waals surface area contributed by atoms with Gasteiger partial charge in [-0.1, -0.05) is 6.92 Å². The summed E-state index contributed by atoms with van der Waals surface area (Å²) in [5, 5.41) is 40.4. The van der Waals surface area contributed by atoms with Crippen LogP contribution in [0.2, 0.25) is 0 Å². The lowest BCUT2D eigenvalue weighted by Gasteiger charge is -2.37. The summed E-state index contributed by atoms with van der Waals surface area (Å²) in [6.07, 6.45) is -0.953. The molecule has 0 radical (unpaired) electrons. The first-order valence-corrected chi connectivity index (χ1v) is 22.8. The van der Waals surface area contributed by atoms with Gasteiger partial charge in [-0.25, -0.2) is 0 Å². The molecule has 0 aromatic rings. The molecule has 1 saturated heterocycles. The third-order valence-corrected chi connectivity index (χ3v) is 11.3. The third-order valence-electron chi connectivity index (χ3n) is 11.1. The van der Waals surface area contributed by atoms with E-state index in [-0.39, 0.29) is 71.6 Å². The predicted octanol–water partition coefficient (Wildman–Crippen LogP) is -2.93. The second-order valence-electron chi connectivity index (χ2n) is 17.3. The van der Waals surface area contributed by atoms with Gasteiger partial charge >= 0.3 is 11.9 Å². The third kappa shape index (κ3) is 21.3. The van der Waals surface area contributed by atoms with Gasteiger partial charge in [-0.05, 0) is 78.4 Å². The lowest BCUT2D eigenvalue weighted by molar-refractivity contribution is -0.142. The molecule has 0 bridgehead atoms. The molecule has 1 rings (SSSR count). The van der Waals surface area contributed by atoms with Gasteiger partial charge in [0.05, 0.1) is 41.0 Å². The Hall–Kier alpha value is -4.65. The van der Waals surface area contributed by atoms with E-state index in [0.29, 0.717) is 25.9 Å². The molecule has 1 aliphatic rings. The summed E-state index contributed by atoms with van der Waals surface area (Å²) in [5.74, 6) is -8.99. The van der Waals surface area contributed by atoms with Crippen LogP contribution in [-0.2, 0) is 47.9 Å². The number of likely N-dealkylation sites (N-methyl/N-ethyl adjacent to an activating group) is 1. The molecule has 1 heterocycles. The zero-order chi connectivity index (χ0) is 50.2. The van der Waals surface area contributed by atoms with Crippen molar-refractivity contribution in [2.75, 3.05) is 65.4 Å². The van der Waals surface area contributed by atoms with E-state index in [9.17, 15) is 53.1 Å². The first-order valence-electron chi connectivity index (χ1n) is 22.4. The lowest BCUT2D eigenvalue weighted by Crippen LogP contribution is -2.63. The highest BCUT2D eigenvalue weighted by atomic mass is 35.5. The van der Waals surface area contributed by atoms with E-state index in [4.69, 9.17) is 28.2 Å². The Labute approximate surface area is 391 Å². The summed E-state index contributed by atoms with van der Waals surface area (Å²) in [7, 11) is 0. The van der Waals surface area contributed by atoms with Crippen LogP contribution in [0.15, 0.2) is 0 Å². The van der Waals surface area contributed by atoms with Crippen LogP contribution < -0.4 is 54.0 Å². The molecule has 0 spiro atoms. The molecule has 23 nitrogen and oxygen atoms in total. The topological polar surface area (TPSA) is 363 Å². The van der Waals surface area contributed by atoms with Gasteiger partial charge in [0.25, 0.3) is 0 Å². The number of rotatable bonds is 35. The van der Waals surface area contributed by atoms with E-state index in [1.54, 1.807) is 13.8 Å². The normalized spacial score (nSPS) is 16.3. The molecule has 0 saturated carbocycles. The van der Waals surface area contributed by atoms with Gasteiger partial charge in [0, 0.05) is 84.6 Å². The summed E-state index contributed by atoms with van der Waals surface area (Å²) >= 11 is 5.75. The highest BCUT2D eigenvalue weighted by Crippen LogP contribution is 2.25. The smallest absolute Gasteiger partial charge is 0.303 e. The fourth-order valence-electron chi connectivity index (χ4n) is 7.36. The fraction of sp³-hybridized carbons (Fsp3) is 0.762. The average molecular weight is 961 g/mol. The van der Waals surface area contributed by atoms with Crippen LogP contribution in [0.5, 0.6) is 0 Å². The molecule has 1 fully saturated rings. The van der Waals surface area contributed by atoms with E-state index in [0.717, 1.165) is 0 Å². The quantitative estimate of drug-likeness (QED) is 0.0223. The molecule has 66 heavy (non-hydrogen) atoms. The highest BCUT2D eigenvalue weighted by Gasteiger charge is 2.44. The molecule has 14 N–H and O–H groups in total. The average Bonchev–Trinajstić information content (AvgIpc) is 3.76. The Morgan fingerprint density at radius 2 is 1.27 bits per heavy atom. The van der Waals surface area contributed by atoms with Crippen molar-refractivity contribution >= 4 is 69.9 Å². The molecule has 0 aliphatic carbocycles. The van der Waals surface area contributed by atoms with Gasteiger partial charge in [-0.3, -0.25) is 53.3 Å². The summed E-state index contributed by atoms with van der Waals surface area (Å²) in [6, 6.07) is -3.76. The molecular weight excluding hydrogens is 886 g/mol. The zero-order valence-corrected chi connectivity index (χ0v) is 39.9. The number of carbonyl (C=O) groups excluding carboxylic acids is 8. The van der Waals surface area contributed by atoms with Gasteiger partial charge in [0.1, 0.15) is 6.04 Å². The minimum absolute atomic E-state index is 0.000235. The number of likely N-dealkylation sites (tertiary alicyclic amines) is 1. The van der Waals surface area contributed by atoms with Gasteiger partial charge in [0.2, 0.25) is 34.8 Å². The summed E-state index contributed by atoms with van der Waals surface area (Å²) in [5.41, 5.74) is 8.72. The number of halogens is 1. The lowest BCUT2D eigenvalue weighted by atomic mass is 9.84. The second kappa shape index (κ2) is 29.9. The Balaban J connectivity index is 3.17. The molecular formula is C42H74ClN11O12. The molecule has 24 heteroatoms. The number of ketones is 2. The van der Waals surface area contributed by atoms with Crippen molar-refractivity contribution in [1.29, 1.82) is 0 Å². The number of Topliss-reactive ketones (excluding diaryl/α,β-unsaturated/α-hetero) is 2. The molecule has 1 aliphatic heterocycles.